The number of aryl methyl sites for hydroxylation is 1. The van der Waals surface area contributed by atoms with Crippen molar-refractivity contribution in [3.8, 4) is 0 Å². The first-order chi connectivity index (χ1) is 10.2. The summed E-state index contributed by atoms with van der Waals surface area (Å²) in [6.45, 7) is 1.27. The Morgan fingerprint density at radius 1 is 1.29 bits per heavy atom. The number of hydrogen-bond acceptors (Lipinski definition) is 4. The van der Waals surface area contributed by atoms with Crippen LogP contribution in [0.25, 0.3) is 0 Å². The van der Waals surface area contributed by atoms with E-state index >= 15 is 0 Å². The van der Waals surface area contributed by atoms with E-state index in [1.807, 2.05) is 0 Å². The molecule has 3 rings (SSSR count). The number of nitrogens with zero attached hydrogens (tertiary/aromatic N) is 3. The number of aromatic nitrogens is 3. The fourth-order valence-electron chi connectivity index (χ4n) is 2.59. The number of nitrogens with one attached hydrogen (secondary N) is 1. The normalized spacial score (nSPS) is 17.4. The zero-order valence-electron chi connectivity index (χ0n) is 11.5. The Morgan fingerprint density at radius 2 is 2.05 bits per heavy atom. The maximum atomic E-state index is 13.4. The molecule has 0 saturated carbocycles. The molecule has 5 nitrogen and oxygen atoms in total. The van der Waals surface area contributed by atoms with E-state index in [0.717, 1.165) is 12.5 Å². The average molecular weight is 293 g/mol. The van der Waals surface area contributed by atoms with Crippen LogP contribution in [-0.2, 0) is 6.42 Å². The predicted octanol–water partition coefficient (Wildman–Crippen LogP) is 1.85. The summed E-state index contributed by atoms with van der Waals surface area (Å²) in [7, 11) is 0. The second kappa shape index (κ2) is 5.77. The van der Waals surface area contributed by atoms with Crippen LogP contribution in [-0.4, -0.2) is 27.9 Å². The zero-order valence-corrected chi connectivity index (χ0v) is 11.5. The quantitative estimate of drug-likeness (QED) is 0.902. The summed E-state index contributed by atoms with van der Waals surface area (Å²) in [5.74, 6) is 0.191. The minimum atomic E-state index is -0.575. The van der Waals surface area contributed by atoms with E-state index in [-0.39, 0.29) is 6.04 Å². The van der Waals surface area contributed by atoms with Crippen molar-refractivity contribution < 1.29 is 8.78 Å². The second-order valence-electron chi connectivity index (χ2n) is 5.12. The second-order valence-corrected chi connectivity index (χ2v) is 5.12. The highest BCUT2D eigenvalue weighted by Crippen LogP contribution is 2.29. The highest BCUT2D eigenvalue weighted by molar-refractivity contribution is 5.33. The van der Waals surface area contributed by atoms with Crippen LogP contribution in [0.15, 0.2) is 18.2 Å². The molecule has 7 heteroatoms. The van der Waals surface area contributed by atoms with Gasteiger partial charge in [0.15, 0.2) is 5.82 Å². The Labute approximate surface area is 121 Å². The van der Waals surface area contributed by atoms with Gasteiger partial charge in [-0.25, -0.2) is 13.5 Å². The molecule has 3 N–H and O–H groups in total. The van der Waals surface area contributed by atoms with Crippen LogP contribution in [0, 0.1) is 11.6 Å². The fraction of sp³-hybridized carbons (Fsp3) is 0.429. The predicted molar refractivity (Wildman–Crippen MR) is 75.0 cm³/mol. The van der Waals surface area contributed by atoms with Crippen molar-refractivity contribution in [1.29, 1.82) is 0 Å². The largest absolute Gasteiger partial charge is 0.354 e. The van der Waals surface area contributed by atoms with E-state index in [1.54, 1.807) is 4.68 Å². The Morgan fingerprint density at radius 3 is 2.76 bits per heavy atom. The first kappa shape index (κ1) is 13.9. The maximum Gasteiger partial charge on any atom is 0.221 e. The minimum absolute atomic E-state index is 0.203. The average Bonchev–Trinajstić information content (AvgIpc) is 2.86. The molecule has 0 fully saturated rings. The Balaban J connectivity index is 1.94. The summed E-state index contributed by atoms with van der Waals surface area (Å²) in [5, 5.41) is 7.61. The van der Waals surface area contributed by atoms with Gasteiger partial charge in [-0.2, -0.15) is 10.1 Å². The third-order valence-corrected chi connectivity index (χ3v) is 3.55. The van der Waals surface area contributed by atoms with Crippen LogP contribution in [0.2, 0.25) is 0 Å². The van der Waals surface area contributed by atoms with E-state index in [4.69, 9.17) is 5.73 Å². The van der Waals surface area contributed by atoms with Crippen LogP contribution in [0.3, 0.4) is 0 Å². The van der Waals surface area contributed by atoms with Gasteiger partial charge in [-0.1, -0.05) is 0 Å². The van der Waals surface area contributed by atoms with Gasteiger partial charge in [-0.05, 0) is 37.1 Å². The molecule has 1 aliphatic rings. The molecule has 112 valence electrons. The third-order valence-electron chi connectivity index (χ3n) is 3.55. The lowest BCUT2D eigenvalue weighted by Crippen LogP contribution is -2.25. The molecule has 0 bridgehead atoms. The van der Waals surface area contributed by atoms with Crippen molar-refractivity contribution in [3.05, 3.63) is 41.2 Å². The van der Waals surface area contributed by atoms with Gasteiger partial charge < -0.3 is 11.1 Å². The third kappa shape index (κ3) is 2.87. The van der Waals surface area contributed by atoms with E-state index in [9.17, 15) is 8.78 Å². The molecule has 0 amide bonds. The van der Waals surface area contributed by atoms with Gasteiger partial charge in [0.2, 0.25) is 5.95 Å². The van der Waals surface area contributed by atoms with Crippen molar-refractivity contribution in [2.24, 2.45) is 5.73 Å². The Bertz CT molecular complexity index is 620. The van der Waals surface area contributed by atoms with Gasteiger partial charge in [-0.15, -0.1) is 0 Å². The first-order valence-corrected chi connectivity index (χ1v) is 7.02. The molecular formula is C14H17F2N5. The molecular weight excluding hydrogens is 276 g/mol. The van der Waals surface area contributed by atoms with E-state index in [2.05, 4.69) is 15.4 Å². The minimum Gasteiger partial charge on any atom is -0.354 e. The number of hydrogen-bond donors (Lipinski definition) is 2. The number of benzene rings is 1. The van der Waals surface area contributed by atoms with Gasteiger partial charge in [0, 0.05) is 19.0 Å². The van der Waals surface area contributed by atoms with Gasteiger partial charge >= 0.3 is 0 Å². The molecule has 0 saturated heterocycles. The summed E-state index contributed by atoms with van der Waals surface area (Å²) in [6.07, 6.45) is 2.21. The van der Waals surface area contributed by atoms with Gasteiger partial charge in [0.25, 0.3) is 0 Å². The van der Waals surface area contributed by atoms with Crippen molar-refractivity contribution in [3.63, 3.8) is 0 Å². The molecule has 2 aromatic rings. The lowest BCUT2D eigenvalue weighted by atomic mass is 10.0. The lowest BCUT2D eigenvalue weighted by Gasteiger charge is -2.24. The summed E-state index contributed by atoms with van der Waals surface area (Å²) >= 11 is 0. The monoisotopic (exact) mass is 293 g/mol. The molecule has 1 aliphatic heterocycles. The summed E-state index contributed by atoms with van der Waals surface area (Å²) in [5.41, 5.74) is 6.06. The molecule has 2 heterocycles. The number of rotatable bonds is 4. The number of anilines is 1. The number of fused-ring (bicyclic) bond motifs is 1. The van der Waals surface area contributed by atoms with Crippen molar-refractivity contribution >= 4 is 5.95 Å². The maximum absolute atomic E-state index is 13.4. The topological polar surface area (TPSA) is 68.8 Å². The van der Waals surface area contributed by atoms with E-state index in [0.29, 0.717) is 43.3 Å². The van der Waals surface area contributed by atoms with Crippen LogP contribution in [0.5, 0.6) is 0 Å². The van der Waals surface area contributed by atoms with Crippen LogP contribution < -0.4 is 11.1 Å². The molecule has 0 spiro atoms. The molecule has 0 aliphatic carbocycles. The van der Waals surface area contributed by atoms with Gasteiger partial charge in [0.1, 0.15) is 11.6 Å². The van der Waals surface area contributed by atoms with Gasteiger partial charge in [0.05, 0.1) is 6.04 Å². The van der Waals surface area contributed by atoms with Crippen molar-refractivity contribution in [2.45, 2.75) is 25.3 Å². The zero-order chi connectivity index (χ0) is 14.8. The van der Waals surface area contributed by atoms with Crippen LogP contribution in [0.1, 0.15) is 30.3 Å². The molecule has 0 radical (unpaired) electrons. The molecule has 1 aromatic heterocycles. The molecule has 1 unspecified atom stereocenters. The molecule has 1 aromatic carbocycles. The van der Waals surface area contributed by atoms with Crippen LogP contribution in [0.4, 0.5) is 14.7 Å². The summed E-state index contributed by atoms with van der Waals surface area (Å²) in [4.78, 5) is 4.41. The Hall–Kier alpha value is -2.02. The first-order valence-electron chi connectivity index (χ1n) is 7.02. The van der Waals surface area contributed by atoms with Crippen molar-refractivity contribution in [2.75, 3.05) is 18.4 Å². The van der Waals surface area contributed by atoms with Crippen molar-refractivity contribution in [1.82, 2.24) is 14.8 Å². The summed E-state index contributed by atoms with van der Waals surface area (Å²) < 4.78 is 28.5. The highest BCUT2D eigenvalue weighted by atomic mass is 19.1. The Kier molecular flexibility index (Phi) is 3.83. The highest BCUT2D eigenvalue weighted by Gasteiger charge is 2.25. The van der Waals surface area contributed by atoms with E-state index in [1.165, 1.54) is 12.1 Å². The van der Waals surface area contributed by atoms with Crippen LogP contribution >= 0.6 is 0 Å². The number of nitrogens with two attached hydrogens (primary N) is 1. The lowest BCUT2D eigenvalue weighted by molar-refractivity contribution is 0.469. The van der Waals surface area contributed by atoms with E-state index < -0.39 is 11.6 Å². The van der Waals surface area contributed by atoms with Gasteiger partial charge in [-0.3, -0.25) is 0 Å². The standard InChI is InChI=1S/C14H17F2N5/c15-10-6-9(7-11(16)8-10)12-3-5-18-14-19-13(2-1-4-17)20-21(12)14/h6-8,12H,1-5,17H2,(H,18,19,20). The summed E-state index contributed by atoms with van der Waals surface area (Å²) in [6, 6.07) is 3.37. The molecule has 1 atom stereocenters. The molecule has 21 heavy (non-hydrogen) atoms. The fourth-order valence-corrected chi connectivity index (χ4v) is 2.59. The SMILES string of the molecule is NCCCc1nc2n(n1)C(c1cc(F)cc(F)c1)CCN2. The number of halogens is 2. The smallest absolute Gasteiger partial charge is 0.221 e.